The van der Waals surface area contributed by atoms with E-state index < -0.39 is 17.7 Å². The summed E-state index contributed by atoms with van der Waals surface area (Å²) in [6.45, 7) is 2.90. The minimum Gasteiger partial charge on any atom is -0.340 e. The van der Waals surface area contributed by atoms with E-state index in [-0.39, 0.29) is 23.0 Å². The van der Waals surface area contributed by atoms with Gasteiger partial charge in [-0.1, -0.05) is 6.07 Å². The number of anilines is 2. The van der Waals surface area contributed by atoms with E-state index in [2.05, 4.69) is 32.1 Å². The minimum absolute atomic E-state index is 0.221. The molecule has 8 nitrogen and oxygen atoms in total. The second-order valence-corrected chi connectivity index (χ2v) is 7.02. The highest BCUT2D eigenvalue weighted by atomic mass is 16.2. The Labute approximate surface area is 156 Å². The molecule has 0 aliphatic carbocycles. The van der Waals surface area contributed by atoms with Crippen LogP contribution in [0, 0.1) is 17.2 Å². The fourth-order valence-electron chi connectivity index (χ4n) is 3.93. The van der Waals surface area contributed by atoms with Crippen molar-refractivity contribution in [2.45, 2.75) is 38.1 Å². The summed E-state index contributed by atoms with van der Waals surface area (Å²) in [5.41, 5.74) is 0.448. The van der Waals surface area contributed by atoms with Gasteiger partial charge in [0.2, 0.25) is 11.9 Å². The van der Waals surface area contributed by atoms with Crippen LogP contribution in [0.5, 0.6) is 0 Å². The molecule has 4 heterocycles. The molecule has 0 aromatic carbocycles. The lowest BCUT2D eigenvalue weighted by molar-refractivity contribution is -0.119. The Hall–Kier alpha value is -3.21. The molecule has 1 saturated heterocycles. The largest absolute Gasteiger partial charge is 0.340 e. The summed E-state index contributed by atoms with van der Waals surface area (Å²) in [6, 6.07) is 7.51. The van der Waals surface area contributed by atoms with Crippen LogP contribution in [0.15, 0.2) is 29.2 Å². The third kappa shape index (κ3) is 2.95. The summed E-state index contributed by atoms with van der Waals surface area (Å²) < 4.78 is 0. The van der Waals surface area contributed by atoms with Gasteiger partial charge in [0.25, 0.3) is 5.56 Å². The number of carbonyl (C=O) groups is 1. The smallest absolute Gasteiger partial charge is 0.258 e. The van der Waals surface area contributed by atoms with Crippen molar-refractivity contribution in [3.8, 4) is 6.07 Å². The zero-order valence-corrected chi connectivity index (χ0v) is 15.0. The zero-order chi connectivity index (χ0) is 19.0. The number of nitriles is 1. The second kappa shape index (κ2) is 6.83. The molecule has 4 rings (SSSR count). The Bertz CT molecular complexity index is 964. The van der Waals surface area contributed by atoms with Gasteiger partial charge in [0, 0.05) is 18.8 Å². The standard InChI is InChI=1S/C19H20N6O2/c1-11-6-3-5-9-25(11)19-23-16-15(18(27)24-19)14(12(10-20)17(26)22-16)13-7-2-4-8-21-13/h2,4,7-8,11-12,14H,3,5-6,9H2,1H3,(H2,22,23,24,26,27). The predicted molar refractivity (Wildman–Crippen MR) is 99.3 cm³/mol. The highest BCUT2D eigenvalue weighted by Crippen LogP contribution is 2.37. The highest BCUT2D eigenvalue weighted by molar-refractivity contribution is 5.97. The first-order chi connectivity index (χ1) is 13.1. The Morgan fingerprint density at radius 1 is 1.30 bits per heavy atom. The van der Waals surface area contributed by atoms with Gasteiger partial charge in [-0.2, -0.15) is 10.2 Å². The summed E-state index contributed by atoms with van der Waals surface area (Å²) in [7, 11) is 0. The molecular formula is C19H20N6O2. The normalized spacial score (nSPS) is 24.7. The highest BCUT2D eigenvalue weighted by Gasteiger charge is 2.41. The average Bonchev–Trinajstić information content (AvgIpc) is 2.67. The van der Waals surface area contributed by atoms with Crippen molar-refractivity contribution in [2.75, 3.05) is 16.8 Å². The van der Waals surface area contributed by atoms with Gasteiger partial charge < -0.3 is 10.2 Å². The van der Waals surface area contributed by atoms with Crippen molar-refractivity contribution >= 4 is 17.7 Å². The molecule has 0 saturated carbocycles. The van der Waals surface area contributed by atoms with Crippen LogP contribution in [0.3, 0.4) is 0 Å². The Morgan fingerprint density at radius 2 is 2.15 bits per heavy atom. The van der Waals surface area contributed by atoms with Crippen molar-refractivity contribution < 1.29 is 4.79 Å². The summed E-state index contributed by atoms with van der Waals surface area (Å²) in [5, 5.41) is 12.2. The van der Waals surface area contributed by atoms with Gasteiger partial charge in [-0.05, 0) is 38.3 Å². The predicted octanol–water partition coefficient (Wildman–Crippen LogP) is 1.77. The van der Waals surface area contributed by atoms with Crippen LogP contribution in [0.2, 0.25) is 0 Å². The first kappa shape index (κ1) is 17.2. The zero-order valence-electron chi connectivity index (χ0n) is 15.0. The second-order valence-electron chi connectivity index (χ2n) is 7.02. The average molecular weight is 364 g/mol. The molecule has 2 aliphatic rings. The van der Waals surface area contributed by atoms with Gasteiger partial charge >= 0.3 is 0 Å². The molecule has 0 bridgehead atoms. The van der Waals surface area contributed by atoms with Crippen LogP contribution in [-0.2, 0) is 4.79 Å². The Balaban J connectivity index is 1.85. The van der Waals surface area contributed by atoms with Crippen molar-refractivity contribution in [1.29, 1.82) is 5.26 Å². The number of hydrogen-bond acceptors (Lipinski definition) is 6. The monoisotopic (exact) mass is 364 g/mol. The van der Waals surface area contributed by atoms with Crippen molar-refractivity contribution in [1.82, 2.24) is 15.0 Å². The number of fused-ring (bicyclic) bond motifs is 1. The molecule has 3 unspecified atom stereocenters. The number of aromatic amines is 1. The molecular weight excluding hydrogens is 344 g/mol. The topological polar surface area (TPSA) is 115 Å². The third-order valence-electron chi connectivity index (χ3n) is 5.33. The number of aromatic nitrogens is 3. The molecule has 27 heavy (non-hydrogen) atoms. The fraction of sp³-hybridized carbons (Fsp3) is 0.421. The summed E-state index contributed by atoms with van der Waals surface area (Å²) in [6.07, 6.45) is 4.79. The number of pyridine rings is 1. The summed E-state index contributed by atoms with van der Waals surface area (Å²) >= 11 is 0. The maximum absolute atomic E-state index is 13.0. The van der Waals surface area contributed by atoms with E-state index in [1.165, 1.54) is 0 Å². The van der Waals surface area contributed by atoms with Crippen LogP contribution < -0.4 is 15.8 Å². The number of carbonyl (C=O) groups excluding carboxylic acids is 1. The van der Waals surface area contributed by atoms with E-state index in [1.807, 2.05) is 6.07 Å². The number of piperidine rings is 1. The SMILES string of the molecule is CC1CCCCN1c1nc2c(c(=O)[nH]1)C(c1ccccn1)C(C#N)C(=O)N2. The molecule has 0 radical (unpaired) electrons. The van der Waals surface area contributed by atoms with Crippen molar-refractivity contribution in [3.05, 3.63) is 46.0 Å². The van der Waals surface area contributed by atoms with Gasteiger partial charge in [-0.15, -0.1) is 0 Å². The molecule has 2 aromatic rings. The van der Waals surface area contributed by atoms with E-state index in [0.29, 0.717) is 11.6 Å². The summed E-state index contributed by atoms with van der Waals surface area (Å²) in [4.78, 5) is 39.2. The summed E-state index contributed by atoms with van der Waals surface area (Å²) in [5.74, 6) is -1.56. The fourth-order valence-corrected chi connectivity index (χ4v) is 3.93. The van der Waals surface area contributed by atoms with E-state index in [4.69, 9.17) is 0 Å². The lowest BCUT2D eigenvalue weighted by Gasteiger charge is -2.35. The minimum atomic E-state index is -1.03. The number of nitrogens with zero attached hydrogens (tertiary/aromatic N) is 4. The molecule has 3 atom stereocenters. The van der Waals surface area contributed by atoms with Gasteiger partial charge in [0.15, 0.2) is 0 Å². The molecule has 0 spiro atoms. The van der Waals surface area contributed by atoms with Crippen LogP contribution in [0.25, 0.3) is 0 Å². The lowest BCUT2D eigenvalue weighted by atomic mass is 9.81. The van der Waals surface area contributed by atoms with E-state index in [1.54, 1.807) is 24.4 Å². The third-order valence-corrected chi connectivity index (χ3v) is 5.33. The van der Waals surface area contributed by atoms with E-state index in [9.17, 15) is 14.9 Å². The van der Waals surface area contributed by atoms with Crippen LogP contribution in [-0.4, -0.2) is 33.4 Å². The maximum atomic E-state index is 13.0. The molecule has 2 aliphatic heterocycles. The molecule has 8 heteroatoms. The van der Waals surface area contributed by atoms with Gasteiger partial charge in [-0.3, -0.25) is 19.6 Å². The lowest BCUT2D eigenvalue weighted by Crippen LogP contribution is -2.42. The number of amides is 1. The quantitative estimate of drug-likeness (QED) is 0.839. The maximum Gasteiger partial charge on any atom is 0.258 e. The number of H-pyrrole nitrogens is 1. The first-order valence-electron chi connectivity index (χ1n) is 9.12. The van der Waals surface area contributed by atoms with Crippen LogP contribution in [0.1, 0.15) is 43.4 Å². The Kier molecular flexibility index (Phi) is 4.36. The molecule has 138 valence electrons. The molecule has 2 aromatic heterocycles. The number of hydrogen-bond donors (Lipinski definition) is 2. The first-order valence-corrected chi connectivity index (χ1v) is 9.12. The van der Waals surface area contributed by atoms with Crippen molar-refractivity contribution in [2.24, 2.45) is 5.92 Å². The van der Waals surface area contributed by atoms with Gasteiger partial charge in [0.1, 0.15) is 11.7 Å². The van der Waals surface area contributed by atoms with Gasteiger partial charge in [-0.25, -0.2) is 0 Å². The number of nitrogens with one attached hydrogen (secondary N) is 2. The van der Waals surface area contributed by atoms with Crippen LogP contribution >= 0.6 is 0 Å². The van der Waals surface area contributed by atoms with Crippen LogP contribution in [0.4, 0.5) is 11.8 Å². The Morgan fingerprint density at radius 3 is 2.85 bits per heavy atom. The molecule has 2 N–H and O–H groups in total. The molecule has 1 fully saturated rings. The molecule has 1 amide bonds. The number of rotatable bonds is 2. The van der Waals surface area contributed by atoms with Gasteiger partial charge in [0.05, 0.1) is 23.2 Å². The van der Waals surface area contributed by atoms with E-state index in [0.717, 1.165) is 25.8 Å². The van der Waals surface area contributed by atoms with E-state index >= 15 is 0 Å². The van der Waals surface area contributed by atoms with Crippen molar-refractivity contribution in [3.63, 3.8) is 0 Å².